The van der Waals surface area contributed by atoms with Crippen LogP contribution < -0.4 is 10.6 Å². The molecule has 1 unspecified atom stereocenters. The lowest BCUT2D eigenvalue weighted by atomic mass is 9.82. The summed E-state index contributed by atoms with van der Waals surface area (Å²) >= 11 is 0. The van der Waals surface area contributed by atoms with Gasteiger partial charge in [-0.15, -0.1) is 0 Å². The Labute approximate surface area is 142 Å². The molecule has 0 aromatic heterocycles. The molecule has 1 atom stereocenters. The molecule has 0 heterocycles. The Morgan fingerprint density at radius 3 is 2.58 bits per heavy atom. The average molecular weight is 322 g/mol. The molecular weight excluding hydrogens is 300 g/mol. The lowest BCUT2D eigenvalue weighted by Gasteiger charge is -2.24. The Kier molecular flexibility index (Phi) is 4.94. The molecule has 4 nitrogen and oxygen atoms in total. The van der Waals surface area contributed by atoms with E-state index in [-0.39, 0.29) is 17.7 Å². The lowest BCUT2D eigenvalue weighted by molar-refractivity contribution is -0.123. The van der Waals surface area contributed by atoms with Gasteiger partial charge in [-0.3, -0.25) is 9.59 Å². The van der Waals surface area contributed by atoms with E-state index in [1.807, 2.05) is 24.3 Å². The van der Waals surface area contributed by atoms with Crippen molar-refractivity contribution in [2.45, 2.75) is 31.7 Å². The predicted octanol–water partition coefficient (Wildman–Crippen LogP) is 2.78. The molecule has 3 rings (SSSR count). The van der Waals surface area contributed by atoms with Crippen LogP contribution in [0.3, 0.4) is 0 Å². The van der Waals surface area contributed by atoms with Gasteiger partial charge in [0.2, 0.25) is 5.91 Å². The van der Waals surface area contributed by atoms with Gasteiger partial charge in [-0.1, -0.05) is 36.4 Å². The molecule has 0 radical (unpaired) electrons. The zero-order valence-corrected chi connectivity index (χ0v) is 13.8. The van der Waals surface area contributed by atoms with Gasteiger partial charge in [0.25, 0.3) is 5.91 Å². The first-order valence-corrected chi connectivity index (χ1v) is 8.35. The summed E-state index contributed by atoms with van der Waals surface area (Å²) in [6.45, 7) is 0.478. The number of fused-ring (bicyclic) bond motifs is 1. The maximum absolute atomic E-state index is 12.6. The highest BCUT2D eigenvalue weighted by molar-refractivity contribution is 5.94. The molecule has 0 saturated carbocycles. The molecule has 2 aromatic carbocycles. The minimum absolute atomic E-state index is 0.0555. The van der Waals surface area contributed by atoms with E-state index in [2.05, 4.69) is 22.8 Å². The van der Waals surface area contributed by atoms with Gasteiger partial charge in [0.15, 0.2) is 0 Å². The SMILES string of the molecule is CNC(=O)c1ccc(CNC(=O)C2CCCc3ccccc32)cc1. The third-order valence-electron chi connectivity index (χ3n) is 4.60. The molecule has 0 spiro atoms. The molecule has 1 aliphatic rings. The van der Waals surface area contributed by atoms with Gasteiger partial charge < -0.3 is 10.6 Å². The Morgan fingerprint density at radius 2 is 1.83 bits per heavy atom. The molecule has 4 heteroatoms. The van der Waals surface area contributed by atoms with Crippen molar-refractivity contribution in [3.8, 4) is 0 Å². The topological polar surface area (TPSA) is 58.2 Å². The summed E-state index contributed by atoms with van der Waals surface area (Å²) in [6, 6.07) is 15.5. The standard InChI is InChI=1S/C20H22N2O2/c1-21-19(23)16-11-9-14(10-12-16)13-22-20(24)18-8-4-6-15-5-2-3-7-17(15)18/h2-3,5,7,9-12,18H,4,6,8,13H2,1H3,(H,21,23)(H,22,24). The Balaban J connectivity index is 1.63. The van der Waals surface area contributed by atoms with Crippen LogP contribution in [0.25, 0.3) is 0 Å². The summed E-state index contributed by atoms with van der Waals surface area (Å²) in [6.07, 6.45) is 3.01. The summed E-state index contributed by atoms with van der Waals surface area (Å²) in [7, 11) is 1.61. The van der Waals surface area contributed by atoms with Gasteiger partial charge >= 0.3 is 0 Å². The zero-order chi connectivity index (χ0) is 16.9. The third kappa shape index (κ3) is 3.48. The van der Waals surface area contributed by atoms with E-state index in [0.29, 0.717) is 12.1 Å². The van der Waals surface area contributed by atoms with Crippen LogP contribution in [0.5, 0.6) is 0 Å². The van der Waals surface area contributed by atoms with Gasteiger partial charge in [-0.2, -0.15) is 0 Å². The normalized spacial score (nSPS) is 16.1. The minimum atomic E-state index is -0.107. The lowest BCUT2D eigenvalue weighted by Crippen LogP contribution is -2.31. The molecule has 2 aromatic rings. The summed E-state index contributed by atoms with van der Waals surface area (Å²) in [4.78, 5) is 24.1. The number of hydrogen-bond donors (Lipinski definition) is 2. The molecule has 0 aliphatic heterocycles. The number of amides is 2. The van der Waals surface area contributed by atoms with Crippen molar-refractivity contribution in [3.05, 3.63) is 70.8 Å². The monoisotopic (exact) mass is 322 g/mol. The van der Waals surface area contributed by atoms with E-state index < -0.39 is 0 Å². The quantitative estimate of drug-likeness (QED) is 0.909. The predicted molar refractivity (Wildman–Crippen MR) is 93.8 cm³/mol. The van der Waals surface area contributed by atoms with Crippen molar-refractivity contribution < 1.29 is 9.59 Å². The van der Waals surface area contributed by atoms with E-state index in [1.165, 1.54) is 5.56 Å². The highest BCUT2D eigenvalue weighted by atomic mass is 16.2. The van der Waals surface area contributed by atoms with Crippen LogP contribution in [-0.2, 0) is 17.8 Å². The van der Waals surface area contributed by atoms with Crippen LogP contribution in [0.4, 0.5) is 0 Å². The minimum Gasteiger partial charge on any atom is -0.355 e. The van der Waals surface area contributed by atoms with Crippen LogP contribution >= 0.6 is 0 Å². The summed E-state index contributed by atoms with van der Waals surface area (Å²) in [5, 5.41) is 5.63. The van der Waals surface area contributed by atoms with E-state index in [9.17, 15) is 9.59 Å². The van der Waals surface area contributed by atoms with Crippen LogP contribution in [0.1, 0.15) is 45.8 Å². The van der Waals surface area contributed by atoms with Crippen molar-refractivity contribution in [2.75, 3.05) is 7.05 Å². The van der Waals surface area contributed by atoms with Gasteiger partial charge in [-0.05, 0) is 48.1 Å². The molecule has 2 N–H and O–H groups in total. The highest BCUT2D eigenvalue weighted by Gasteiger charge is 2.25. The second-order valence-electron chi connectivity index (χ2n) is 6.14. The fourth-order valence-electron chi connectivity index (χ4n) is 3.26. The van der Waals surface area contributed by atoms with Crippen molar-refractivity contribution >= 4 is 11.8 Å². The van der Waals surface area contributed by atoms with E-state index >= 15 is 0 Å². The van der Waals surface area contributed by atoms with Crippen LogP contribution in [0.15, 0.2) is 48.5 Å². The molecule has 1 aliphatic carbocycles. The fourth-order valence-corrected chi connectivity index (χ4v) is 3.26. The molecule has 124 valence electrons. The van der Waals surface area contributed by atoms with Crippen LogP contribution in [0, 0.1) is 0 Å². The van der Waals surface area contributed by atoms with Gasteiger partial charge in [-0.25, -0.2) is 0 Å². The Morgan fingerprint density at radius 1 is 1.08 bits per heavy atom. The molecule has 0 bridgehead atoms. The van der Waals surface area contributed by atoms with Crippen LogP contribution in [-0.4, -0.2) is 18.9 Å². The number of hydrogen-bond acceptors (Lipinski definition) is 2. The first kappa shape index (κ1) is 16.2. The van der Waals surface area contributed by atoms with Crippen molar-refractivity contribution in [3.63, 3.8) is 0 Å². The maximum atomic E-state index is 12.6. The molecule has 0 fully saturated rings. The van der Waals surface area contributed by atoms with E-state index in [0.717, 1.165) is 30.4 Å². The van der Waals surface area contributed by atoms with Gasteiger partial charge in [0.05, 0.1) is 5.92 Å². The molecule has 0 saturated heterocycles. The smallest absolute Gasteiger partial charge is 0.251 e. The van der Waals surface area contributed by atoms with Crippen molar-refractivity contribution in [1.29, 1.82) is 0 Å². The first-order chi connectivity index (χ1) is 11.7. The average Bonchev–Trinajstić information content (AvgIpc) is 2.65. The Bertz CT molecular complexity index is 738. The van der Waals surface area contributed by atoms with E-state index in [4.69, 9.17) is 0 Å². The summed E-state index contributed by atoms with van der Waals surface area (Å²) in [5.41, 5.74) is 4.06. The summed E-state index contributed by atoms with van der Waals surface area (Å²) < 4.78 is 0. The highest BCUT2D eigenvalue weighted by Crippen LogP contribution is 2.31. The number of aryl methyl sites for hydroxylation is 1. The molecular formula is C20H22N2O2. The van der Waals surface area contributed by atoms with Crippen molar-refractivity contribution in [1.82, 2.24) is 10.6 Å². The maximum Gasteiger partial charge on any atom is 0.251 e. The number of benzene rings is 2. The largest absolute Gasteiger partial charge is 0.355 e. The number of carbonyl (C=O) groups is 2. The third-order valence-corrected chi connectivity index (χ3v) is 4.60. The van der Waals surface area contributed by atoms with Crippen LogP contribution in [0.2, 0.25) is 0 Å². The molecule has 2 amide bonds. The number of carbonyl (C=O) groups excluding carboxylic acids is 2. The van der Waals surface area contributed by atoms with Gasteiger partial charge in [0.1, 0.15) is 0 Å². The van der Waals surface area contributed by atoms with E-state index in [1.54, 1.807) is 19.2 Å². The summed E-state index contributed by atoms with van der Waals surface area (Å²) in [5.74, 6) is -0.0815. The number of nitrogens with one attached hydrogen (secondary N) is 2. The Hall–Kier alpha value is -2.62. The molecule has 24 heavy (non-hydrogen) atoms. The number of rotatable bonds is 4. The second-order valence-corrected chi connectivity index (χ2v) is 6.14. The second kappa shape index (κ2) is 7.30. The van der Waals surface area contributed by atoms with Gasteiger partial charge in [0, 0.05) is 19.2 Å². The first-order valence-electron chi connectivity index (χ1n) is 8.35. The zero-order valence-electron chi connectivity index (χ0n) is 13.8. The fraction of sp³-hybridized carbons (Fsp3) is 0.300. The van der Waals surface area contributed by atoms with Crippen molar-refractivity contribution in [2.24, 2.45) is 0 Å².